The topological polar surface area (TPSA) is 32.5 Å². The number of hydrogen-bond donors (Lipinski definition) is 1. The first-order valence-electron chi connectivity index (χ1n) is 6.94. The van der Waals surface area contributed by atoms with Gasteiger partial charge >= 0.3 is 0 Å². The maximum absolute atomic E-state index is 5.90. The van der Waals surface area contributed by atoms with Crippen LogP contribution in [-0.2, 0) is 6.54 Å². The predicted octanol–water partition coefficient (Wildman–Crippen LogP) is 1.01. The minimum absolute atomic E-state index is 0.695. The maximum Gasteiger partial charge on any atom is 0.0264 e. The van der Waals surface area contributed by atoms with Crippen LogP contribution in [0.15, 0.2) is 30.3 Å². The predicted molar refractivity (Wildman–Crippen MR) is 74.2 cm³/mol. The highest BCUT2D eigenvalue weighted by atomic mass is 15.3. The summed E-state index contributed by atoms with van der Waals surface area (Å²) < 4.78 is 0. The number of nitrogens with two attached hydrogens (primary N) is 1. The second-order valence-electron chi connectivity index (χ2n) is 5.85. The van der Waals surface area contributed by atoms with E-state index in [-0.39, 0.29) is 0 Å². The van der Waals surface area contributed by atoms with Crippen molar-refractivity contribution in [2.24, 2.45) is 17.6 Å². The van der Waals surface area contributed by atoms with Crippen LogP contribution < -0.4 is 5.73 Å². The highest BCUT2D eigenvalue weighted by Crippen LogP contribution is 2.34. The third-order valence-corrected chi connectivity index (χ3v) is 4.65. The molecule has 1 aromatic carbocycles. The Hall–Kier alpha value is -0.900. The zero-order valence-corrected chi connectivity index (χ0v) is 11.1. The van der Waals surface area contributed by atoms with Crippen molar-refractivity contribution in [2.75, 3.05) is 33.2 Å². The molecule has 3 heteroatoms. The van der Waals surface area contributed by atoms with Crippen LogP contribution in [0.2, 0.25) is 0 Å². The van der Waals surface area contributed by atoms with Gasteiger partial charge in [-0.25, -0.2) is 0 Å². The van der Waals surface area contributed by atoms with E-state index in [1.54, 1.807) is 0 Å². The summed E-state index contributed by atoms with van der Waals surface area (Å²) in [5, 5.41) is 0. The van der Waals surface area contributed by atoms with Gasteiger partial charge in [-0.15, -0.1) is 0 Å². The molecule has 2 N–H and O–H groups in total. The van der Waals surface area contributed by atoms with Crippen LogP contribution in [0, 0.1) is 11.8 Å². The van der Waals surface area contributed by atoms with Gasteiger partial charge in [0.1, 0.15) is 0 Å². The highest BCUT2D eigenvalue weighted by Gasteiger charge is 2.44. The van der Waals surface area contributed by atoms with Gasteiger partial charge in [0, 0.05) is 32.2 Å². The Labute approximate surface area is 110 Å². The molecule has 0 bridgehead atoms. The van der Waals surface area contributed by atoms with Crippen LogP contribution in [0.1, 0.15) is 5.56 Å². The smallest absolute Gasteiger partial charge is 0.0264 e. The lowest BCUT2D eigenvalue weighted by molar-refractivity contribution is 0.246. The van der Waals surface area contributed by atoms with Crippen molar-refractivity contribution in [1.82, 2.24) is 9.80 Å². The largest absolute Gasteiger partial charge is 0.330 e. The van der Waals surface area contributed by atoms with Gasteiger partial charge in [0.15, 0.2) is 0 Å². The van der Waals surface area contributed by atoms with E-state index in [0.29, 0.717) is 5.92 Å². The van der Waals surface area contributed by atoms with Crippen molar-refractivity contribution in [3.63, 3.8) is 0 Å². The zero-order valence-electron chi connectivity index (χ0n) is 11.1. The molecule has 0 aromatic heterocycles. The SMILES string of the molecule is CN1CC(CN)C2CN(Cc3ccccc3)CC21. The fraction of sp³-hybridized carbons (Fsp3) is 0.600. The number of benzene rings is 1. The fourth-order valence-corrected chi connectivity index (χ4v) is 3.68. The van der Waals surface area contributed by atoms with Gasteiger partial charge in [-0.2, -0.15) is 0 Å². The molecule has 0 spiro atoms. The Bertz CT molecular complexity index is 392. The Morgan fingerprint density at radius 3 is 2.67 bits per heavy atom. The first kappa shape index (κ1) is 12.2. The van der Waals surface area contributed by atoms with Crippen LogP contribution in [0.3, 0.4) is 0 Å². The summed E-state index contributed by atoms with van der Waals surface area (Å²) in [7, 11) is 2.25. The maximum atomic E-state index is 5.90. The second kappa shape index (κ2) is 5.00. The summed E-state index contributed by atoms with van der Waals surface area (Å²) in [5.41, 5.74) is 7.33. The third-order valence-electron chi connectivity index (χ3n) is 4.65. The van der Waals surface area contributed by atoms with Crippen LogP contribution in [0.25, 0.3) is 0 Å². The van der Waals surface area contributed by atoms with Gasteiger partial charge < -0.3 is 10.6 Å². The molecule has 0 radical (unpaired) electrons. The summed E-state index contributed by atoms with van der Waals surface area (Å²) >= 11 is 0. The van der Waals surface area contributed by atoms with E-state index < -0.39 is 0 Å². The Balaban J connectivity index is 1.65. The summed E-state index contributed by atoms with van der Waals surface area (Å²) in [4.78, 5) is 5.09. The zero-order chi connectivity index (χ0) is 12.5. The van der Waals surface area contributed by atoms with Crippen molar-refractivity contribution in [1.29, 1.82) is 0 Å². The molecule has 2 aliphatic heterocycles. The van der Waals surface area contributed by atoms with E-state index >= 15 is 0 Å². The summed E-state index contributed by atoms with van der Waals surface area (Å²) in [6.45, 7) is 5.52. The van der Waals surface area contributed by atoms with E-state index in [1.807, 2.05) is 0 Å². The van der Waals surface area contributed by atoms with Gasteiger partial charge in [-0.1, -0.05) is 30.3 Å². The van der Waals surface area contributed by atoms with Gasteiger partial charge in [0.2, 0.25) is 0 Å². The number of likely N-dealkylation sites (N-methyl/N-ethyl adjacent to an activating group) is 1. The molecule has 2 fully saturated rings. The molecule has 2 heterocycles. The summed E-state index contributed by atoms with van der Waals surface area (Å²) in [6.07, 6.45) is 0. The molecule has 3 atom stereocenters. The Kier molecular flexibility index (Phi) is 3.37. The van der Waals surface area contributed by atoms with Crippen LogP contribution in [0.5, 0.6) is 0 Å². The average Bonchev–Trinajstić information content (AvgIpc) is 2.91. The van der Waals surface area contributed by atoms with E-state index in [2.05, 4.69) is 47.2 Å². The average molecular weight is 245 g/mol. The van der Waals surface area contributed by atoms with Crippen LogP contribution in [-0.4, -0.2) is 49.1 Å². The molecule has 0 amide bonds. The molecule has 3 nitrogen and oxygen atoms in total. The second-order valence-corrected chi connectivity index (χ2v) is 5.85. The Morgan fingerprint density at radius 1 is 1.17 bits per heavy atom. The lowest BCUT2D eigenvalue weighted by Crippen LogP contribution is -2.32. The molecule has 1 aromatic rings. The molecule has 2 saturated heterocycles. The molecule has 98 valence electrons. The molecule has 18 heavy (non-hydrogen) atoms. The van der Waals surface area contributed by atoms with Gasteiger partial charge in [0.05, 0.1) is 0 Å². The number of likely N-dealkylation sites (tertiary alicyclic amines) is 2. The monoisotopic (exact) mass is 245 g/mol. The van der Waals surface area contributed by atoms with Gasteiger partial charge in [-0.3, -0.25) is 4.90 Å². The van der Waals surface area contributed by atoms with Crippen LogP contribution >= 0.6 is 0 Å². The highest BCUT2D eigenvalue weighted by molar-refractivity contribution is 5.15. The van der Waals surface area contributed by atoms with E-state index in [4.69, 9.17) is 5.73 Å². The number of hydrogen-bond acceptors (Lipinski definition) is 3. The first-order valence-corrected chi connectivity index (χ1v) is 6.94. The summed E-state index contributed by atoms with van der Waals surface area (Å²) in [5.74, 6) is 1.48. The number of rotatable bonds is 3. The molecular weight excluding hydrogens is 222 g/mol. The molecule has 0 saturated carbocycles. The Morgan fingerprint density at radius 2 is 1.94 bits per heavy atom. The molecule has 3 rings (SSSR count). The van der Waals surface area contributed by atoms with Crippen molar-refractivity contribution in [3.05, 3.63) is 35.9 Å². The molecule has 2 aliphatic rings. The van der Waals surface area contributed by atoms with Crippen molar-refractivity contribution < 1.29 is 0 Å². The summed E-state index contributed by atoms with van der Waals surface area (Å²) in [6, 6.07) is 11.5. The third kappa shape index (κ3) is 2.18. The normalized spacial score (nSPS) is 32.9. The van der Waals surface area contributed by atoms with Crippen molar-refractivity contribution in [2.45, 2.75) is 12.6 Å². The van der Waals surface area contributed by atoms with E-state index in [0.717, 1.165) is 25.0 Å². The standard InChI is InChI=1S/C15H23N3/c1-17-9-13(7-16)14-10-18(11-15(14)17)8-12-5-3-2-4-6-12/h2-6,13-15H,7-11,16H2,1H3. The van der Waals surface area contributed by atoms with E-state index in [9.17, 15) is 0 Å². The minimum Gasteiger partial charge on any atom is -0.330 e. The van der Waals surface area contributed by atoms with Gasteiger partial charge in [0.25, 0.3) is 0 Å². The van der Waals surface area contributed by atoms with Crippen molar-refractivity contribution in [3.8, 4) is 0 Å². The van der Waals surface area contributed by atoms with Crippen LogP contribution in [0.4, 0.5) is 0 Å². The quantitative estimate of drug-likeness (QED) is 0.862. The lowest BCUT2D eigenvalue weighted by atomic mass is 9.93. The van der Waals surface area contributed by atoms with Gasteiger partial charge in [-0.05, 0) is 31.0 Å². The first-order chi connectivity index (χ1) is 8.78. The van der Waals surface area contributed by atoms with Crippen molar-refractivity contribution >= 4 is 0 Å². The lowest BCUT2D eigenvalue weighted by Gasteiger charge is -2.21. The number of fused-ring (bicyclic) bond motifs is 1. The number of nitrogens with zero attached hydrogens (tertiary/aromatic N) is 2. The molecule has 3 unspecified atom stereocenters. The molecule has 0 aliphatic carbocycles. The fourth-order valence-electron chi connectivity index (χ4n) is 3.68. The molecular formula is C15H23N3. The minimum atomic E-state index is 0.695. The van der Waals surface area contributed by atoms with E-state index in [1.165, 1.54) is 25.2 Å².